The third kappa shape index (κ3) is 4.45. The van der Waals surface area contributed by atoms with Gasteiger partial charge in [0.25, 0.3) is 0 Å². The van der Waals surface area contributed by atoms with Crippen LogP contribution in [0.5, 0.6) is 5.88 Å². The quantitative estimate of drug-likeness (QED) is 0.528. The highest BCUT2D eigenvalue weighted by Crippen LogP contribution is 2.29. The molecule has 30 heavy (non-hydrogen) atoms. The molecule has 12 heteroatoms. The highest BCUT2D eigenvalue weighted by atomic mass is 32.2. The number of piperidine rings is 1. The van der Waals surface area contributed by atoms with E-state index in [1.807, 2.05) is 18.7 Å². The third-order valence-electron chi connectivity index (χ3n) is 5.05. The minimum Gasteiger partial charge on any atom is -0.771 e. The van der Waals surface area contributed by atoms with E-state index in [2.05, 4.69) is 37.5 Å². The van der Waals surface area contributed by atoms with Crippen molar-refractivity contribution >= 4 is 22.7 Å². The SMILES string of the molecule is CC(C)Oc1c(-c2cn[nH]c2)ncc2nc(N[C@H]3CCN(CS(=O)[O-])C[C@H]3C)nn12. The minimum absolute atomic E-state index is 0.0698. The van der Waals surface area contributed by atoms with Gasteiger partial charge in [0.05, 0.1) is 24.4 Å². The number of likely N-dealkylation sites (tertiary alicyclic amines) is 1. The van der Waals surface area contributed by atoms with Crippen LogP contribution >= 0.6 is 0 Å². The van der Waals surface area contributed by atoms with Crippen LogP contribution in [0.2, 0.25) is 0 Å². The van der Waals surface area contributed by atoms with Gasteiger partial charge in [0.15, 0.2) is 5.65 Å². The van der Waals surface area contributed by atoms with Crippen molar-refractivity contribution in [3.63, 3.8) is 0 Å². The van der Waals surface area contributed by atoms with Gasteiger partial charge in [0, 0.05) is 30.9 Å². The molecule has 1 unspecified atom stereocenters. The third-order valence-corrected chi connectivity index (χ3v) is 5.62. The molecule has 1 saturated heterocycles. The fourth-order valence-corrected chi connectivity index (χ4v) is 4.21. The second kappa shape index (κ2) is 8.66. The highest BCUT2D eigenvalue weighted by molar-refractivity contribution is 7.79. The molecular formula is C18H25N8O3S-. The fraction of sp³-hybridized carbons (Fsp3) is 0.556. The van der Waals surface area contributed by atoms with Crippen molar-refractivity contribution in [1.29, 1.82) is 0 Å². The fourth-order valence-electron chi connectivity index (χ4n) is 3.68. The summed E-state index contributed by atoms with van der Waals surface area (Å²) >= 11 is -2.06. The summed E-state index contributed by atoms with van der Waals surface area (Å²) in [7, 11) is 0. The Labute approximate surface area is 176 Å². The molecule has 4 heterocycles. The lowest BCUT2D eigenvalue weighted by Crippen LogP contribution is -2.46. The number of rotatable bonds is 7. The highest BCUT2D eigenvalue weighted by Gasteiger charge is 2.27. The molecule has 1 aliphatic rings. The van der Waals surface area contributed by atoms with Gasteiger partial charge in [-0.25, -0.2) is 4.98 Å². The number of fused-ring (bicyclic) bond motifs is 1. The lowest BCUT2D eigenvalue weighted by Gasteiger charge is -2.37. The molecule has 3 atom stereocenters. The summed E-state index contributed by atoms with van der Waals surface area (Å²) in [6.45, 7) is 7.39. The second-order valence-electron chi connectivity index (χ2n) is 7.80. The van der Waals surface area contributed by atoms with E-state index in [1.54, 1.807) is 23.1 Å². The van der Waals surface area contributed by atoms with E-state index in [0.717, 1.165) is 12.0 Å². The lowest BCUT2D eigenvalue weighted by atomic mass is 9.94. The van der Waals surface area contributed by atoms with Crippen molar-refractivity contribution in [2.45, 2.75) is 39.3 Å². The molecule has 3 aromatic rings. The van der Waals surface area contributed by atoms with Gasteiger partial charge in [0.2, 0.25) is 11.8 Å². The topological polar surface area (TPSA) is 136 Å². The molecule has 0 spiro atoms. The monoisotopic (exact) mass is 433 g/mol. The van der Waals surface area contributed by atoms with Crippen molar-refractivity contribution in [2.75, 3.05) is 24.3 Å². The van der Waals surface area contributed by atoms with Crippen LogP contribution in [0.4, 0.5) is 5.95 Å². The van der Waals surface area contributed by atoms with Gasteiger partial charge in [-0.3, -0.25) is 14.2 Å². The molecule has 4 rings (SSSR count). The van der Waals surface area contributed by atoms with Crippen LogP contribution in [-0.4, -0.2) is 74.6 Å². The number of aromatic nitrogens is 6. The Morgan fingerprint density at radius 3 is 2.93 bits per heavy atom. The van der Waals surface area contributed by atoms with Gasteiger partial charge in [-0.15, -0.1) is 5.10 Å². The van der Waals surface area contributed by atoms with Crippen LogP contribution in [0.25, 0.3) is 16.9 Å². The van der Waals surface area contributed by atoms with Crippen molar-refractivity contribution in [1.82, 2.24) is 34.7 Å². The van der Waals surface area contributed by atoms with Gasteiger partial charge < -0.3 is 14.6 Å². The first kappa shape index (κ1) is 20.7. The Morgan fingerprint density at radius 2 is 2.27 bits per heavy atom. The molecule has 0 aromatic carbocycles. The van der Waals surface area contributed by atoms with Crippen LogP contribution in [0.3, 0.4) is 0 Å². The molecule has 1 aliphatic heterocycles. The summed E-state index contributed by atoms with van der Waals surface area (Å²) in [5.41, 5.74) is 2.01. The predicted molar refractivity (Wildman–Crippen MR) is 111 cm³/mol. The first-order chi connectivity index (χ1) is 14.4. The summed E-state index contributed by atoms with van der Waals surface area (Å²) in [4.78, 5) is 11.0. The van der Waals surface area contributed by atoms with Crippen LogP contribution in [-0.2, 0) is 11.1 Å². The predicted octanol–water partition coefficient (Wildman–Crippen LogP) is 1.26. The van der Waals surface area contributed by atoms with Crippen molar-refractivity contribution in [2.24, 2.45) is 5.92 Å². The number of aromatic amines is 1. The number of hydrogen-bond acceptors (Lipinski definition) is 9. The molecule has 0 radical (unpaired) electrons. The van der Waals surface area contributed by atoms with E-state index in [4.69, 9.17) is 4.74 Å². The smallest absolute Gasteiger partial charge is 0.244 e. The van der Waals surface area contributed by atoms with E-state index in [1.165, 1.54) is 0 Å². The molecule has 11 nitrogen and oxygen atoms in total. The zero-order valence-electron chi connectivity index (χ0n) is 17.1. The number of hydrogen-bond donors (Lipinski definition) is 2. The largest absolute Gasteiger partial charge is 0.771 e. The van der Waals surface area contributed by atoms with Crippen LogP contribution in [0.15, 0.2) is 18.6 Å². The van der Waals surface area contributed by atoms with E-state index in [0.29, 0.717) is 36.3 Å². The molecule has 0 aliphatic carbocycles. The minimum atomic E-state index is -2.06. The Kier molecular flexibility index (Phi) is 5.97. The maximum atomic E-state index is 11.0. The average molecular weight is 434 g/mol. The molecule has 162 valence electrons. The van der Waals surface area contributed by atoms with Gasteiger partial charge in [-0.05, 0) is 37.3 Å². The van der Waals surface area contributed by atoms with Crippen LogP contribution < -0.4 is 10.1 Å². The van der Waals surface area contributed by atoms with Gasteiger partial charge in [-0.2, -0.15) is 14.6 Å². The van der Waals surface area contributed by atoms with Gasteiger partial charge in [-0.1, -0.05) is 6.92 Å². The number of ether oxygens (including phenoxy) is 1. The number of H-pyrrole nitrogens is 1. The molecule has 0 amide bonds. The maximum absolute atomic E-state index is 11.0. The summed E-state index contributed by atoms with van der Waals surface area (Å²) < 4.78 is 29.6. The Bertz CT molecular complexity index is 1020. The molecule has 0 bridgehead atoms. The number of anilines is 1. The summed E-state index contributed by atoms with van der Waals surface area (Å²) in [5.74, 6) is 1.32. The number of nitrogens with one attached hydrogen (secondary N) is 2. The van der Waals surface area contributed by atoms with Gasteiger partial charge in [0.1, 0.15) is 5.69 Å². The summed E-state index contributed by atoms with van der Waals surface area (Å²) in [6.07, 6.45) is 5.83. The summed E-state index contributed by atoms with van der Waals surface area (Å²) in [6, 6.07) is 0.148. The van der Waals surface area contributed by atoms with E-state index in [-0.39, 0.29) is 23.9 Å². The Morgan fingerprint density at radius 1 is 1.43 bits per heavy atom. The lowest BCUT2D eigenvalue weighted by molar-refractivity contribution is 0.194. The maximum Gasteiger partial charge on any atom is 0.244 e. The molecular weight excluding hydrogens is 408 g/mol. The first-order valence-corrected chi connectivity index (χ1v) is 11.1. The molecule has 2 N–H and O–H groups in total. The molecule has 0 saturated carbocycles. The zero-order chi connectivity index (χ0) is 21.3. The normalized spacial score (nSPS) is 21.2. The first-order valence-electron chi connectivity index (χ1n) is 9.87. The second-order valence-corrected chi connectivity index (χ2v) is 8.66. The summed E-state index contributed by atoms with van der Waals surface area (Å²) in [5, 5.41) is 14.8. The van der Waals surface area contributed by atoms with Crippen molar-refractivity contribution in [3.05, 3.63) is 18.6 Å². The van der Waals surface area contributed by atoms with E-state index < -0.39 is 11.1 Å². The number of nitrogens with zero attached hydrogens (tertiary/aromatic N) is 6. The average Bonchev–Trinajstić information content (AvgIpc) is 3.33. The molecule has 1 fully saturated rings. The Hall–Kier alpha value is -2.57. The van der Waals surface area contributed by atoms with Crippen LogP contribution in [0.1, 0.15) is 27.2 Å². The standard InChI is InChI=1S/C18H26N8O3S/c1-11(2)29-17-16(13-6-20-21-7-13)19-8-15-23-18(24-26(15)17)22-14-4-5-25(9-12(14)3)10-30(27)28/h6-8,11-12,14H,4-5,9-10H2,1-3H3,(H,20,21)(H,22,24)(H,27,28)/p-1/t12-,14+/m1/s1. The van der Waals surface area contributed by atoms with Crippen molar-refractivity contribution < 1.29 is 13.5 Å². The van der Waals surface area contributed by atoms with Crippen molar-refractivity contribution in [3.8, 4) is 17.1 Å². The van der Waals surface area contributed by atoms with Crippen LogP contribution in [0, 0.1) is 5.92 Å². The Balaban J connectivity index is 1.58. The van der Waals surface area contributed by atoms with E-state index >= 15 is 0 Å². The zero-order valence-corrected chi connectivity index (χ0v) is 17.9. The van der Waals surface area contributed by atoms with Gasteiger partial charge >= 0.3 is 0 Å². The van der Waals surface area contributed by atoms with E-state index in [9.17, 15) is 8.76 Å². The molecule has 3 aromatic heterocycles.